The molecule has 0 saturated carbocycles. The molecule has 0 unspecified atom stereocenters. The molecule has 24 heavy (non-hydrogen) atoms. The number of hydrogen-bond acceptors (Lipinski definition) is 3. The van der Waals surface area contributed by atoms with Gasteiger partial charge in [-0.3, -0.25) is 9.78 Å². The third-order valence-electron chi connectivity index (χ3n) is 4.71. The van der Waals surface area contributed by atoms with E-state index in [1.165, 1.54) is 11.1 Å². The van der Waals surface area contributed by atoms with E-state index in [1.54, 1.807) is 6.08 Å². The number of hydrogen-bond donors (Lipinski definition) is 0. The van der Waals surface area contributed by atoms with E-state index in [4.69, 9.17) is 0 Å². The Morgan fingerprint density at radius 2 is 1.96 bits per heavy atom. The van der Waals surface area contributed by atoms with Gasteiger partial charge in [-0.05, 0) is 43.9 Å². The van der Waals surface area contributed by atoms with Gasteiger partial charge in [0, 0.05) is 35.8 Å². The molecule has 1 aliphatic rings. The van der Waals surface area contributed by atoms with Crippen molar-refractivity contribution >= 4 is 22.4 Å². The van der Waals surface area contributed by atoms with E-state index in [1.807, 2.05) is 19.1 Å². The number of anilines is 1. The van der Waals surface area contributed by atoms with Gasteiger partial charge in [0.2, 0.25) is 0 Å². The molecule has 0 aliphatic carbocycles. The Labute approximate surface area is 144 Å². The maximum atomic E-state index is 12.3. The summed E-state index contributed by atoms with van der Waals surface area (Å²) >= 11 is 0. The number of pyridine rings is 1. The van der Waals surface area contributed by atoms with Gasteiger partial charge >= 0.3 is 0 Å². The number of carbonyl (C=O) groups is 1. The SMILES string of the molecule is Cc1cc(N2CCC(C(=O)C=CC(C)C)CC2)c2ccccc2n1. The van der Waals surface area contributed by atoms with Crippen LogP contribution < -0.4 is 4.90 Å². The number of rotatable bonds is 4. The number of aromatic nitrogens is 1. The van der Waals surface area contributed by atoms with Crippen LogP contribution in [0.2, 0.25) is 0 Å². The number of ketones is 1. The monoisotopic (exact) mass is 322 g/mol. The topological polar surface area (TPSA) is 33.2 Å². The summed E-state index contributed by atoms with van der Waals surface area (Å²) in [5.74, 6) is 0.893. The molecule has 0 amide bonds. The van der Waals surface area contributed by atoms with Gasteiger partial charge < -0.3 is 4.90 Å². The highest BCUT2D eigenvalue weighted by Crippen LogP contribution is 2.30. The van der Waals surface area contributed by atoms with Gasteiger partial charge in [-0.25, -0.2) is 0 Å². The average Bonchev–Trinajstić information content (AvgIpc) is 2.59. The lowest BCUT2D eigenvalue weighted by Crippen LogP contribution is -2.36. The molecule has 0 radical (unpaired) electrons. The summed E-state index contributed by atoms with van der Waals surface area (Å²) in [5, 5.41) is 1.20. The van der Waals surface area contributed by atoms with E-state index in [0.717, 1.165) is 37.1 Å². The van der Waals surface area contributed by atoms with Crippen molar-refractivity contribution in [3.8, 4) is 0 Å². The molecule has 0 atom stereocenters. The molecule has 126 valence electrons. The fourth-order valence-electron chi connectivity index (χ4n) is 3.38. The van der Waals surface area contributed by atoms with Gasteiger partial charge in [0.15, 0.2) is 5.78 Å². The van der Waals surface area contributed by atoms with Crippen LogP contribution in [0, 0.1) is 18.8 Å². The average molecular weight is 322 g/mol. The normalized spacial score (nSPS) is 16.4. The molecule has 1 fully saturated rings. The standard InChI is InChI=1S/C21H26N2O/c1-15(2)8-9-21(24)17-10-12-23(13-11-17)20-14-16(3)22-19-7-5-4-6-18(19)20/h4-9,14-15,17H,10-13H2,1-3H3. The first-order chi connectivity index (χ1) is 11.5. The van der Waals surface area contributed by atoms with Crippen LogP contribution in [0.3, 0.4) is 0 Å². The Morgan fingerprint density at radius 1 is 1.25 bits per heavy atom. The highest BCUT2D eigenvalue weighted by atomic mass is 16.1. The van der Waals surface area contributed by atoms with Gasteiger partial charge in [0.05, 0.1) is 5.52 Å². The van der Waals surface area contributed by atoms with Gasteiger partial charge in [-0.15, -0.1) is 0 Å². The van der Waals surface area contributed by atoms with E-state index < -0.39 is 0 Å². The molecule has 1 saturated heterocycles. The minimum absolute atomic E-state index is 0.172. The zero-order valence-electron chi connectivity index (χ0n) is 14.8. The van der Waals surface area contributed by atoms with Crippen molar-refractivity contribution in [2.24, 2.45) is 11.8 Å². The largest absolute Gasteiger partial charge is 0.371 e. The Bertz CT molecular complexity index is 756. The summed E-state index contributed by atoms with van der Waals surface area (Å²) in [5.41, 5.74) is 3.34. The summed E-state index contributed by atoms with van der Waals surface area (Å²) in [7, 11) is 0. The minimum Gasteiger partial charge on any atom is -0.371 e. The molecular formula is C21H26N2O. The maximum Gasteiger partial charge on any atom is 0.158 e. The molecule has 1 aromatic carbocycles. The molecular weight excluding hydrogens is 296 g/mol. The van der Waals surface area contributed by atoms with E-state index in [0.29, 0.717) is 11.7 Å². The van der Waals surface area contributed by atoms with Crippen molar-refractivity contribution in [2.45, 2.75) is 33.6 Å². The third kappa shape index (κ3) is 3.66. The van der Waals surface area contributed by atoms with E-state index in [-0.39, 0.29) is 5.92 Å². The van der Waals surface area contributed by atoms with E-state index >= 15 is 0 Å². The summed E-state index contributed by atoms with van der Waals surface area (Å²) in [6, 6.07) is 10.5. The summed E-state index contributed by atoms with van der Waals surface area (Å²) in [4.78, 5) is 19.3. The van der Waals surface area contributed by atoms with Crippen LogP contribution in [-0.2, 0) is 4.79 Å². The number of benzene rings is 1. The molecule has 0 N–H and O–H groups in total. The Morgan fingerprint density at radius 3 is 2.67 bits per heavy atom. The second kappa shape index (κ2) is 7.16. The minimum atomic E-state index is 0.172. The molecule has 3 nitrogen and oxygen atoms in total. The summed E-state index contributed by atoms with van der Waals surface area (Å²) in [6.07, 6.45) is 5.65. The van der Waals surface area contributed by atoms with Gasteiger partial charge in [-0.2, -0.15) is 0 Å². The van der Waals surface area contributed by atoms with Crippen LogP contribution in [0.4, 0.5) is 5.69 Å². The Hall–Kier alpha value is -2.16. The molecule has 0 spiro atoms. The van der Waals surface area contributed by atoms with E-state index in [9.17, 15) is 4.79 Å². The van der Waals surface area contributed by atoms with Crippen LogP contribution >= 0.6 is 0 Å². The predicted molar refractivity (Wildman–Crippen MR) is 100 cm³/mol. The Kier molecular flexibility index (Phi) is 4.98. The number of nitrogens with zero attached hydrogens (tertiary/aromatic N) is 2. The maximum absolute atomic E-state index is 12.3. The van der Waals surface area contributed by atoms with Crippen LogP contribution in [0.25, 0.3) is 10.9 Å². The number of fused-ring (bicyclic) bond motifs is 1. The molecule has 0 bridgehead atoms. The zero-order valence-corrected chi connectivity index (χ0v) is 14.8. The number of allylic oxidation sites excluding steroid dienone is 2. The van der Waals surface area contributed by atoms with Gasteiger partial charge in [0.1, 0.15) is 0 Å². The number of para-hydroxylation sites is 1. The Balaban J connectivity index is 1.75. The van der Waals surface area contributed by atoms with Crippen molar-refractivity contribution in [3.63, 3.8) is 0 Å². The first kappa shape index (κ1) is 16.7. The zero-order chi connectivity index (χ0) is 17.1. The molecule has 2 aromatic rings. The second-order valence-corrected chi connectivity index (χ2v) is 7.07. The molecule has 2 heterocycles. The fraction of sp³-hybridized carbons (Fsp3) is 0.429. The number of piperidine rings is 1. The molecule has 3 heteroatoms. The summed E-state index contributed by atoms with van der Waals surface area (Å²) in [6.45, 7) is 8.11. The van der Waals surface area contributed by atoms with Crippen molar-refractivity contribution in [2.75, 3.05) is 18.0 Å². The van der Waals surface area contributed by atoms with Crippen LogP contribution in [0.15, 0.2) is 42.5 Å². The fourth-order valence-corrected chi connectivity index (χ4v) is 3.38. The lowest BCUT2D eigenvalue weighted by atomic mass is 9.91. The smallest absolute Gasteiger partial charge is 0.158 e. The van der Waals surface area contributed by atoms with Crippen molar-refractivity contribution < 1.29 is 4.79 Å². The number of aryl methyl sites for hydroxylation is 1. The van der Waals surface area contributed by atoms with Gasteiger partial charge in [-0.1, -0.05) is 38.1 Å². The van der Waals surface area contributed by atoms with Crippen molar-refractivity contribution in [3.05, 3.63) is 48.2 Å². The van der Waals surface area contributed by atoms with Crippen LogP contribution in [0.5, 0.6) is 0 Å². The van der Waals surface area contributed by atoms with E-state index in [2.05, 4.69) is 48.0 Å². The first-order valence-corrected chi connectivity index (χ1v) is 8.88. The molecule has 1 aromatic heterocycles. The number of carbonyl (C=O) groups excluding carboxylic acids is 1. The molecule has 1 aliphatic heterocycles. The predicted octanol–water partition coefficient (Wildman–Crippen LogP) is 4.54. The third-order valence-corrected chi connectivity index (χ3v) is 4.71. The van der Waals surface area contributed by atoms with Crippen LogP contribution in [-0.4, -0.2) is 23.9 Å². The van der Waals surface area contributed by atoms with Gasteiger partial charge in [0.25, 0.3) is 0 Å². The van der Waals surface area contributed by atoms with Crippen LogP contribution in [0.1, 0.15) is 32.4 Å². The van der Waals surface area contributed by atoms with Crippen molar-refractivity contribution in [1.29, 1.82) is 0 Å². The summed E-state index contributed by atoms with van der Waals surface area (Å²) < 4.78 is 0. The molecule has 3 rings (SSSR count). The highest BCUT2D eigenvalue weighted by molar-refractivity contribution is 5.93. The lowest BCUT2D eigenvalue weighted by Gasteiger charge is -2.33. The highest BCUT2D eigenvalue weighted by Gasteiger charge is 2.24. The quantitative estimate of drug-likeness (QED) is 0.775. The van der Waals surface area contributed by atoms with Crippen molar-refractivity contribution in [1.82, 2.24) is 4.98 Å². The second-order valence-electron chi connectivity index (χ2n) is 7.07. The lowest BCUT2D eigenvalue weighted by molar-refractivity contribution is -0.118. The first-order valence-electron chi connectivity index (χ1n) is 8.88.